The number of benzene rings is 2. The van der Waals surface area contributed by atoms with Crippen molar-refractivity contribution in [3.8, 4) is 11.5 Å². The topological polar surface area (TPSA) is 102 Å². The van der Waals surface area contributed by atoms with Crippen LogP contribution < -0.4 is 15.8 Å². The van der Waals surface area contributed by atoms with Crippen molar-refractivity contribution in [3.05, 3.63) is 53.6 Å². The molecule has 0 aromatic heterocycles. The van der Waals surface area contributed by atoms with Gasteiger partial charge in [-0.25, -0.2) is 4.79 Å². The molecule has 1 heterocycles. The van der Waals surface area contributed by atoms with Crippen LogP contribution in [-0.2, 0) is 16.0 Å². The van der Waals surface area contributed by atoms with Gasteiger partial charge in [0.1, 0.15) is 17.5 Å². The van der Waals surface area contributed by atoms with E-state index in [9.17, 15) is 14.7 Å². The number of nitrogens with two attached hydrogens (primary N) is 1. The molecule has 23 heavy (non-hydrogen) atoms. The van der Waals surface area contributed by atoms with Gasteiger partial charge in [0.25, 0.3) is 0 Å². The number of carbonyl (C=O) groups excluding carboxylic acids is 1. The zero-order valence-corrected chi connectivity index (χ0v) is 12.3. The molecule has 118 valence electrons. The quantitative estimate of drug-likeness (QED) is 0.670. The lowest BCUT2D eigenvalue weighted by Crippen LogP contribution is -2.34. The highest BCUT2D eigenvalue weighted by atomic mass is 16.5. The van der Waals surface area contributed by atoms with E-state index in [0.29, 0.717) is 17.9 Å². The maximum absolute atomic E-state index is 11.3. The van der Waals surface area contributed by atoms with Crippen LogP contribution in [0.2, 0.25) is 0 Å². The van der Waals surface area contributed by atoms with Gasteiger partial charge in [0.2, 0.25) is 5.91 Å². The standard InChI is InChI=1S/C17H16N2O4/c18-16(20)9-13(17(21)22)19-12-5-3-7-15-11(12)8-10-4-1-2-6-14(10)23-15/h1-7,13,19H,8-9H2,(H2,18,20)(H,21,22)/t13-/m0/s1. The fourth-order valence-electron chi connectivity index (χ4n) is 2.63. The van der Waals surface area contributed by atoms with Gasteiger partial charge in [-0.05, 0) is 23.8 Å². The number of anilines is 1. The molecule has 6 nitrogen and oxygen atoms in total. The maximum Gasteiger partial charge on any atom is 0.326 e. The van der Waals surface area contributed by atoms with Crippen LogP contribution >= 0.6 is 0 Å². The van der Waals surface area contributed by atoms with Crippen molar-refractivity contribution in [3.63, 3.8) is 0 Å². The molecule has 6 heteroatoms. The first-order valence-electron chi connectivity index (χ1n) is 7.20. The smallest absolute Gasteiger partial charge is 0.326 e. The third-order valence-corrected chi connectivity index (χ3v) is 3.73. The largest absolute Gasteiger partial charge is 0.480 e. The third kappa shape index (κ3) is 3.11. The predicted molar refractivity (Wildman–Crippen MR) is 84.6 cm³/mol. The lowest BCUT2D eigenvalue weighted by atomic mass is 9.98. The Bertz CT molecular complexity index is 773. The summed E-state index contributed by atoms with van der Waals surface area (Å²) in [7, 11) is 0. The molecule has 2 aromatic rings. The highest BCUT2D eigenvalue weighted by Crippen LogP contribution is 2.39. The molecule has 2 aromatic carbocycles. The van der Waals surface area contributed by atoms with E-state index >= 15 is 0 Å². The number of rotatable bonds is 5. The lowest BCUT2D eigenvalue weighted by Gasteiger charge is -2.24. The monoisotopic (exact) mass is 312 g/mol. The van der Waals surface area contributed by atoms with E-state index < -0.39 is 17.9 Å². The number of hydrogen-bond donors (Lipinski definition) is 3. The minimum Gasteiger partial charge on any atom is -0.480 e. The van der Waals surface area contributed by atoms with Gasteiger partial charge < -0.3 is 20.9 Å². The number of carboxylic acids is 1. The molecule has 0 unspecified atom stereocenters. The summed E-state index contributed by atoms with van der Waals surface area (Å²) in [4.78, 5) is 22.4. The van der Waals surface area contributed by atoms with Gasteiger partial charge in [-0.2, -0.15) is 0 Å². The Balaban J connectivity index is 1.91. The highest BCUT2D eigenvalue weighted by molar-refractivity contribution is 5.86. The van der Waals surface area contributed by atoms with E-state index in [4.69, 9.17) is 10.5 Å². The van der Waals surface area contributed by atoms with Crippen LogP contribution in [0.3, 0.4) is 0 Å². The maximum atomic E-state index is 11.3. The summed E-state index contributed by atoms with van der Waals surface area (Å²) in [6, 6.07) is 12.0. The molecule has 1 aliphatic heterocycles. The van der Waals surface area contributed by atoms with Crippen LogP contribution in [0.1, 0.15) is 17.5 Å². The minimum atomic E-state index is -1.13. The summed E-state index contributed by atoms with van der Waals surface area (Å²) in [6.07, 6.45) is 0.341. The Kier molecular flexibility index (Phi) is 3.89. The van der Waals surface area contributed by atoms with Gasteiger partial charge in [-0.3, -0.25) is 4.79 Å². The number of primary amides is 1. The normalized spacial score (nSPS) is 13.2. The summed E-state index contributed by atoms with van der Waals surface area (Å²) in [5, 5.41) is 12.1. The van der Waals surface area contributed by atoms with Crippen LogP contribution in [0.25, 0.3) is 0 Å². The van der Waals surface area contributed by atoms with Gasteiger partial charge in [-0.1, -0.05) is 24.3 Å². The number of ether oxygens (including phenoxy) is 1. The zero-order chi connectivity index (χ0) is 16.4. The van der Waals surface area contributed by atoms with E-state index in [-0.39, 0.29) is 6.42 Å². The summed E-state index contributed by atoms with van der Waals surface area (Å²) in [5.41, 5.74) is 7.64. The number of carboxylic acid groups (broad SMARTS) is 1. The van der Waals surface area contributed by atoms with Gasteiger partial charge in [0.15, 0.2) is 0 Å². The van der Waals surface area contributed by atoms with Crippen molar-refractivity contribution in [2.24, 2.45) is 5.73 Å². The molecule has 0 spiro atoms. The fraction of sp³-hybridized carbons (Fsp3) is 0.176. The predicted octanol–water partition coefficient (Wildman–Crippen LogP) is 2.12. The number of carbonyl (C=O) groups is 2. The molecule has 0 bridgehead atoms. The number of hydrogen-bond acceptors (Lipinski definition) is 4. The number of fused-ring (bicyclic) bond motifs is 2. The fourth-order valence-corrected chi connectivity index (χ4v) is 2.63. The first-order valence-corrected chi connectivity index (χ1v) is 7.20. The first-order chi connectivity index (χ1) is 11.0. The molecule has 0 radical (unpaired) electrons. The average molecular weight is 312 g/mol. The van der Waals surface area contributed by atoms with Gasteiger partial charge in [0.05, 0.1) is 6.42 Å². The van der Waals surface area contributed by atoms with Crippen molar-refractivity contribution in [1.82, 2.24) is 0 Å². The number of aliphatic carboxylic acids is 1. The second kappa shape index (κ2) is 6.00. The molecule has 3 rings (SSSR count). The van der Waals surface area contributed by atoms with Crippen molar-refractivity contribution in [1.29, 1.82) is 0 Å². The highest BCUT2D eigenvalue weighted by Gasteiger charge is 2.24. The Hall–Kier alpha value is -3.02. The average Bonchev–Trinajstić information content (AvgIpc) is 2.52. The third-order valence-electron chi connectivity index (χ3n) is 3.73. The van der Waals surface area contributed by atoms with E-state index in [0.717, 1.165) is 16.9 Å². The molecule has 1 aliphatic rings. The molecule has 0 saturated carbocycles. The second-order valence-electron chi connectivity index (χ2n) is 5.37. The minimum absolute atomic E-state index is 0.281. The molecule has 1 amide bonds. The van der Waals surface area contributed by atoms with Crippen LogP contribution in [0.15, 0.2) is 42.5 Å². The van der Waals surface area contributed by atoms with Crippen molar-refractivity contribution >= 4 is 17.6 Å². The van der Waals surface area contributed by atoms with E-state index in [2.05, 4.69) is 5.32 Å². The Morgan fingerprint density at radius 3 is 2.65 bits per heavy atom. The molecule has 0 saturated heterocycles. The first kappa shape index (κ1) is 14.9. The SMILES string of the molecule is NC(=O)C[C@H](Nc1cccc2c1Cc1ccccc1O2)C(=O)O. The molecule has 0 aliphatic carbocycles. The second-order valence-corrected chi connectivity index (χ2v) is 5.37. The van der Waals surface area contributed by atoms with E-state index in [1.165, 1.54) is 0 Å². The number of para-hydroxylation sites is 1. The zero-order valence-electron chi connectivity index (χ0n) is 12.3. The summed E-state index contributed by atoms with van der Waals surface area (Å²) >= 11 is 0. The van der Waals surface area contributed by atoms with Gasteiger partial charge in [0, 0.05) is 17.7 Å². The summed E-state index contributed by atoms with van der Waals surface area (Å²) in [6.45, 7) is 0. The van der Waals surface area contributed by atoms with Crippen LogP contribution in [0, 0.1) is 0 Å². The van der Waals surface area contributed by atoms with Crippen molar-refractivity contribution in [2.45, 2.75) is 18.9 Å². The van der Waals surface area contributed by atoms with Crippen molar-refractivity contribution in [2.75, 3.05) is 5.32 Å². The van der Waals surface area contributed by atoms with Crippen LogP contribution in [0.4, 0.5) is 5.69 Å². The Morgan fingerprint density at radius 2 is 1.91 bits per heavy atom. The molecule has 1 atom stereocenters. The van der Waals surface area contributed by atoms with Gasteiger partial charge in [-0.15, -0.1) is 0 Å². The van der Waals surface area contributed by atoms with E-state index in [1.807, 2.05) is 30.3 Å². The van der Waals surface area contributed by atoms with Crippen LogP contribution in [-0.4, -0.2) is 23.0 Å². The number of amides is 1. The van der Waals surface area contributed by atoms with Crippen molar-refractivity contribution < 1.29 is 19.4 Å². The summed E-state index contributed by atoms with van der Waals surface area (Å²) < 4.78 is 5.86. The Morgan fingerprint density at radius 1 is 1.17 bits per heavy atom. The lowest BCUT2D eigenvalue weighted by molar-refractivity contribution is -0.139. The van der Waals surface area contributed by atoms with Crippen LogP contribution in [0.5, 0.6) is 11.5 Å². The van der Waals surface area contributed by atoms with Gasteiger partial charge >= 0.3 is 5.97 Å². The Labute approximate surface area is 132 Å². The molecule has 0 fully saturated rings. The summed E-state index contributed by atoms with van der Waals surface area (Å²) in [5.74, 6) is -0.323. The van der Waals surface area contributed by atoms with E-state index in [1.54, 1.807) is 12.1 Å². The molecular weight excluding hydrogens is 296 g/mol. The number of nitrogens with one attached hydrogen (secondary N) is 1. The molecular formula is C17H16N2O4. The molecule has 4 N–H and O–H groups in total.